The zero-order valence-electron chi connectivity index (χ0n) is 7.87. The molecule has 0 bridgehead atoms. The Kier molecular flexibility index (Phi) is 4.40. The highest BCUT2D eigenvalue weighted by molar-refractivity contribution is 9.10. The highest BCUT2D eigenvalue weighted by Crippen LogP contribution is 2.11. The van der Waals surface area contributed by atoms with Gasteiger partial charge in [0.1, 0.15) is 0 Å². The van der Waals surface area contributed by atoms with Crippen molar-refractivity contribution in [3.8, 4) is 0 Å². The molecular weight excluding hydrogens is 244 g/mol. The third-order valence-corrected chi connectivity index (χ3v) is 2.14. The predicted molar refractivity (Wildman–Crippen MR) is 59.2 cm³/mol. The first-order valence-corrected chi connectivity index (χ1v) is 5.11. The zero-order valence-corrected chi connectivity index (χ0v) is 9.45. The summed E-state index contributed by atoms with van der Waals surface area (Å²) in [6.07, 6.45) is 2.84. The number of carbonyl (C=O) groups excluding carboxylic acids is 1. The molecule has 0 amide bonds. The van der Waals surface area contributed by atoms with E-state index in [1.165, 1.54) is 12.3 Å². The van der Waals surface area contributed by atoms with E-state index in [-0.39, 0.29) is 5.78 Å². The number of hydrogen-bond acceptors (Lipinski definition) is 2. The van der Waals surface area contributed by atoms with Gasteiger partial charge in [0.2, 0.25) is 0 Å². The Labute approximate surface area is 91.7 Å². The lowest BCUT2D eigenvalue weighted by Gasteiger charge is -1.96. The van der Waals surface area contributed by atoms with Crippen LogP contribution >= 0.6 is 15.9 Å². The van der Waals surface area contributed by atoms with Gasteiger partial charge in [-0.15, -0.1) is 0 Å². The molecule has 1 aromatic rings. The second-order valence-electron chi connectivity index (χ2n) is 2.63. The fourth-order valence-electron chi connectivity index (χ4n) is 0.917. The van der Waals surface area contributed by atoms with Crippen molar-refractivity contribution in [1.29, 1.82) is 0 Å². The van der Waals surface area contributed by atoms with Crippen molar-refractivity contribution in [3.63, 3.8) is 0 Å². The molecule has 0 radical (unpaired) electrons. The fraction of sp³-hybridized carbons (Fsp3) is 0.182. The van der Waals surface area contributed by atoms with Gasteiger partial charge in [-0.05, 0) is 31.2 Å². The standard InChI is InChI=1S/C11H11BrO2/c1-2-14-8-7-11(13)9-3-5-10(12)6-4-9/h3-8H,2H2,1H3/b8-7+. The first-order chi connectivity index (χ1) is 6.74. The summed E-state index contributed by atoms with van der Waals surface area (Å²) in [6.45, 7) is 2.44. The van der Waals surface area contributed by atoms with Gasteiger partial charge in [0.05, 0.1) is 12.9 Å². The maximum atomic E-state index is 11.4. The summed E-state index contributed by atoms with van der Waals surface area (Å²) in [5, 5.41) is 0. The lowest BCUT2D eigenvalue weighted by molar-refractivity contribution is 0.104. The van der Waals surface area contributed by atoms with Crippen LogP contribution in [0.4, 0.5) is 0 Å². The Morgan fingerprint density at radius 3 is 2.64 bits per heavy atom. The Bertz CT molecular complexity index is 328. The summed E-state index contributed by atoms with van der Waals surface area (Å²) < 4.78 is 5.90. The number of carbonyl (C=O) groups is 1. The van der Waals surface area contributed by atoms with Gasteiger partial charge in [0.15, 0.2) is 5.78 Å². The van der Waals surface area contributed by atoms with Gasteiger partial charge >= 0.3 is 0 Å². The van der Waals surface area contributed by atoms with E-state index < -0.39 is 0 Å². The summed E-state index contributed by atoms with van der Waals surface area (Å²) in [5.74, 6) is -0.0500. The zero-order chi connectivity index (χ0) is 10.4. The first-order valence-electron chi connectivity index (χ1n) is 4.32. The van der Waals surface area contributed by atoms with E-state index >= 15 is 0 Å². The van der Waals surface area contributed by atoms with E-state index in [1.807, 2.05) is 19.1 Å². The monoisotopic (exact) mass is 254 g/mol. The van der Waals surface area contributed by atoms with Crippen molar-refractivity contribution in [2.45, 2.75) is 6.92 Å². The van der Waals surface area contributed by atoms with Crippen LogP contribution in [0.5, 0.6) is 0 Å². The molecule has 1 rings (SSSR count). The number of benzene rings is 1. The fourth-order valence-corrected chi connectivity index (χ4v) is 1.18. The minimum atomic E-state index is -0.0500. The molecule has 14 heavy (non-hydrogen) atoms. The second kappa shape index (κ2) is 5.60. The van der Waals surface area contributed by atoms with Crippen LogP contribution in [0.3, 0.4) is 0 Å². The molecule has 0 fully saturated rings. The van der Waals surface area contributed by atoms with Gasteiger partial charge in [-0.1, -0.05) is 15.9 Å². The molecule has 0 aromatic heterocycles. The molecule has 0 saturated heterocycles. The van der Waals surface area contributed by atoms with Crippen molar-refractivity contribution >= 4 is 21.7 Å². The van der Waals surface area contributed by atoms with E-state index in [1.54, 1.807) is 12.1 Å². The average Bonchev–Trinajstić information content (AvgIpc) is 2.19. The molecule has 0 atom stereocenters. The molecule has 0 saturated carbocycles. The first kappa shape index (κ1) is 11.0. The number of hydrogen-bond donors (Lipinski definition) is 0. The van der Waals surface area contributed by atoms with Crippen molar-refractivity contribution in [3.05, 3.63) is 46.6 Å². The topological polar surface area (TPSA) is 26.3 Å². The SMILES string of the molecule is CCO/C=C/C(=O)c1ccc(Br)cc1. The Balaban J connectivity index is 2.65. The molecule has 0 aliphatic heterocycles. The van der Waals surface area contributed by atoms with Gasteiger partial charge in [-0.25, -0.2) is 0 Å². The van der Waals surface area contributed by atoms with E-state index in [9.17, 15) is 4.79 Å². The molecule has 0 heterocycles. The molecule has 0 aliphatic carbocycles. The quantitative estimate of drug-likeness (QED) is 0.469. The van der Waals surface area contributed by atoms with Crippen molar-refractivity contribution in [1.82, 2.24) is 0 Å². The lowest BCUT2D eigenvalue weighted by atomic mass is 10.1. The van der Waals surface area contributed by atoms with E-state index in [4.69, 9.17) is 4.74 Å². The number of halogens is 1. The maximum Gasteiger partial charge on any atom is 0.188 e. The van der Waals surface area contributed by atoms with Crippen LogP contribution in [0.25, 0.3) is 0 Å². The molecule has 2 nitrogen and oxygen atoms in total. The third-order valence-electron chi connectivity index (χ3n) is 1.61. The third kappa shape index (κ3) is 3.34. The summed E-state index contributed by atoms with van der Waals surface area (Å²) >= 11 is 3.30. The minimum absolute atomic E-state index is 0.0500. The molecule has 0 unspecified atom stereocenters. The van der Waals surface area contributed by atoms with Crippen molar-refractivity contribution < 1.29 is 9.53 Å². The van der Waals surface area contributed by atoms with Crippen LogP contribution in [0.15, 0.2) is 41.1 Å². The molecular formula is C11H11BrO2. The van der Waals surface area contributed by atoms with Crippen LogP contribution in [0.2, 0.25) is 0 Å². The normalized spacial score (nSPS) is 10.4. The molecule has 74 valence electrons. The van der Waals surface area contributed by atoms with E-state index in [2.05, 4.69) is 15.9 Å². The smallest absolute Gasteiger partial charge is 0.188 e. The number of rotatable bonds is 4. The molecule has 0 spiro atoms. The Morgan fingerprint density at radius 1 is 1.43 bits per heavy atom. The highest BCUT2D eigenvalue weighted by atomic mass is 79.9. The minimum Gasteiger partial charge on any atom is -0.501 e. The number of allylic oxidation sites excluding steroid dienone is 1. The van der Waals surface area contributed by atoms with Crippen LogP contribution in [-0.4, -0.2) is 12.4 Å². The van der Waals surface area contributed by atoms with Gasteiger partial charge < -0.3 is 4.74 Å². The summed E-state index contributed by atoms with van der Waals surface area (Å²) in [4.78, 5) is 11.4. The van der Waals surface area contributed by atoms with Crippen LogP contribution in [0.1, 0.15) is 17.3 Å². The van der Waals surface area contributed by atoms with Crippen molar-refractivity contribution in [2.75, 3.05) is 6.61 Å². The van der Waals surface area contributed by atoms with Crippen LogP contribution < -0.4 is 0 Å². The van der Waals surface area contributed by atoms with Gasteiger partial charge in [0.25, 0.3) is 0 Å². The van der Waals surface area contributed by atoms with Gasteiger partial charge in [0, 0.05) is 16.1 Å². The molecule has 0 aliphatic rings. The van der Waals surface area contributed by atoms with Crippen LogP contribution in [0, 0.1) is 0 Å². The molecule has 0 N–H and O–H groups in total. The summed E-state index contributed by atoms with van der Waals surface area (Å²) in [5.41, 5.74) is 0.657. The second-order valence-corrected chi connectivity index (χ2v) is 3.54. The Morgan fingerprint density at radius 2 is 2.07 bits per heavy atom. The number of ketones is 1. The van der Waals surface area contributed by atoms with Gasteiger partial charge in [-0.3, -0.25) is 4.79 Å². The molecule has 1 aromatic carbocycles. The average molecular weight is 255 g/mol. The Hall–Kier alpha value is -1.09. The van der Waals surface area contributed by atoms with E-state index in [0.717, 1.165) is 4.47 Å². The number of ether oxygens (including phenoxy) is 1. The summed E-state index contributed by atoms with van der Waals surface area (Å²) in [7, 11) is 0. The summed E-state index contributed by atoms with van der Waals surface area (Å²) in [6, 6.07) is 7.20. The molecule has 3 heteroatoms. The largest absolute Gasteiger partial charge is 0.501 e. The maximum absolute atomic E-state index is 11.4. The highest BCUT2D eigenvalue weighted by Gasteiger charge is 2.00. The van der Waals surface area contributed by atoms with Crippen molar-refractivity contribution in [2.24, 2.45) is 0 Å². The lowest BCUT2D eigenvalue weighted by Crippen LogP contribution is -1.93. The van der Waals surface area contributed by atoms with E-state index in [0.29, 0.717) is 12.2 Å². The predicted octanol–water partition coefficient (Wildman–Crippen LogP) is 3.18. The van der Waals surface area contributed by atoms with Crippen LogP contribution in [-0.2, 0) is 4.74 Å². The van der Waals surface area contributed by atoms with Gasteiger partial charge in [-0.2, -0.15) is 0 Å².